The lowest BCUT2D eigenvalue weighted by molar-refractivity contribution is 0.0520. The zero-order valence-corrected chi connectivity index (χ0v) is 14.9. The highest BCUT2D eigenvalue weighted by atomic mass is 127. The van der Waals surface area contributed by atoms with Gasteiger partial charge in [-0.1, -0.05) is 0 Å². The summed E-state index contributed by atoms with van der Waals surface area (Å²) in [5.41, 5.74) is -0.482. The number of carbonyl (C=O) groups is 1. The summed E-state index contributed by atoms with van der Waals surface area (Å²) in [6.45, 7) is 6.26. The van der Waals surface area contributed by atoms with Crippen molar-refractivity contribution < 1.29 is 14.3 Å². The number of carbonyl (C=O) groups excluding carboxylic acids is 1. The van der Waals surface area contributed by atoms with Gasteiger partial charge in [-0.2, -0.15) is 0 Å². The van der Waals surface area contributed by atoms with Crippen LogP contribution in [-0.2, 0) is 4.74 Å². The first-order valence-corrected chi connectivity index (χ1v) is 7.70. The summed E-state index contributed by atoms with van der Waals surface area (Å²) < 4.78 is 12.7. The van der Waals surface area contributed by atoms with Gasteiger partial charge in [0.05, 0.1) is 11.0 Å². The van der Waals surface area contributed by atoms with Crippen LogP contribution in [0, 0.1) is 3.57 Å². The topological polar surface area (TPSA) is 47.6 Å². The second-order valence-electron chi connectivity index (χ2n) is 4.85. The van der Waals surface area contributed by atoms with Crippen molar-refractivity contribution in [2.45, 2.75) is 26.4 Å². The molecule has 0 unspecified atom stereocenters. The SMILES string of the molecule is CC(C)(C)OC(=O)NCCOc1ccc(I)cc1Br. The Bertz CT molecular complexity index is 446. The van der Waals surface area contributed by atoms with Crippen LogP contribution in [0.4, 0.5) is 4.79 Å². The summed E-state index contributed by atoms with van der Waals surface area (Å²) in [6, 6.07) is 5.82. The Balaban J connectivity index is 2.29. The summed E-state index contributed by atoms with van der Waals surface area (Å²) in [4.78, 5) is 11.4. The fraction of sp³-hybridized carbons (Fsp3) is 0.462. The van der Waals surface area contributed by atoms with Crippen LogP contribution in [0.25, 0.3) is 0 Å². The van der Waals surface area contributed by atoms with Gasteiger partial charge in [-0.05, 0) is 77.5 Å². The first-order valence-electron chi connectivity index (χ1n) is 5.82. The zero-order chi connectivity index (χ0) is 14.5. The van der Waals surface area contributed by atoms with Gasteiger partial charge in [-0.15, -0.1) is 0 Å². The number of hydrogen-bond acceptors (Lipinski definition) is 3. The Labute approximate surface area is 135 Å². The maximum Gasteiger partial charge on any atom is 0.407 e. The fourth-order valence-corrected chi connectivity index (χ4v) is 2.63. The van der Waals surface area contributed by atoms with Gasteiger partial charge in [0.15, 0.2) is 0 Å². The molecule has 4 nitrogen and oxygen atoms in total. The maximum absolute atomic E-state index is 11.4. The van der Waals surface area contributed by atoms with E-state index in [0.29, 0.717) is 13.2 Å². The number of alkyl carbamates (subject to hydrolysis) is 1. The van der Waals surface area contributed by atoms with Gasteiger partial charge in [-0.3, -0.25) is 0 Å². The van der Waals surface area contributed by atoms with Crippen LogP contribution in [0.1, 0.15) is 20.8 Å². The number of halogens is 2. The minimum atomic E-state index is -0.482. The molecule has 0 aliphatic rings. The van der Waals surface area contributed by atoms with Crippen molar-refractivity contribution in [3.8, 4) is 5.75 Å². The molecular weight excluding hydrogens is 425 g/mol. The van der Waals surface area contributed by atoms with E-state index in [1.165, 1.54) is 0 Å². The van der Waals surface area contributed by atoms with E-state index in [1.807, 2.05) is 39.0 Å². The predicted molar refractivity (Wildman–Crippen MR) is 86.6 cm³/mol. The van der Waals surface area contributed by atoms with Crippen molar-refractivity contribution in [1.82, 2.24) is 5.32 Å². The number of rotatable bonds is 4. The molecular formula is C13H17BrINO3. The first kappa shape index (κ1) is 16.6. The Hall–Kier alpha value is -0.500. The average Bonchev–Trinajstić information content (AvgIpc) is 2.24. The van der Waals surface area contributed by atoms with Gasteiger partial charge in [0.25, 0.3) is 0 Å². The second kappa shape index (κ2) is 7.33. The molecule has 0 aliphatic heterocycles. The molecule has 0 spiro atoms. The average molecular weight is 442 g/mol. The molecule has 0 saturated heterocycles. The van der Waals surface area contributed by atoms with Crippen molar-refractivity contribution in [3.63, 3.8) is 0 Å². The molecule has 0 aromatic heterocycles. The normalized spacial score (nSPS) is 11.0. The molecule has 1 aromatic carbocycles. The number of benzene rings is 1. The maximum atomic E-state index is 11.4. The van der Waals surface area contributed by atoms with E-state index in [9.17, 15) is 4.79 Å². The smallest absolute Gasteiger partial charge is 0.407 e. The lowest BCUT2D eigenvalue weighted by Crippen LogP contribution is -2.34. The molecule has 0 bridgehead atoms. The second-order valence-corrected chi connectivity index (χ2v) is 6.95. The third-order valence-corrected chi connectivity index (χ3v) is 3.21. The zero-order valence-electron chi connectivity index (χ0n) is 11.1. The number of amides is 1. The van der Waals surface area contributed by atoms with Crippen LogP contribution in [-0.4, -0.2) is 24.8 Å². The highest BCUT2D eigenvalue weighted by Gasteiger charge is 2.15. The molecule has 0 heterocycles. The molecule has 106 valence electrons. The molecule has 0 fully saturated rings. The van der Waals surface area contributed by atoms with Crippen molar-refractivity contribution in [1.29, 1.82) is 0 Å². The van der Waals surface area contributed by atoms with Crippen molar-refractivity contribution in [2.24, 2.45) is 0 Å². The predicted octanol–water partition coefficient (Wildman–Crippen LogP) is 3.96. The molecule has 1 aromatic rings. The molecule has 6 heteroatoms. The lowest BCUT2D eigenvalue weighted by Gasteiger charge is -2.19. The standard InChI is InChI=1S/C13H17BrINO3/c1-13(2,3)19-12(17)16-6-7-18-11-5-4-9(15)8-10(11)14/h4-5,8H,6-7H2,1-3H3,(H,16,17). The fourth-order valence-electron chi connectivity index (χ4n) is 1.22. The molecule has 1 amide bonds. The lowest BCUT2D eigenvalue weighted by atomic mass is 10.2. The number of hydrogen-bond donors (Lipinski definition) is 1. The van der Waals surface area contributed by atoms with Crippen LogP contribution >= 0.6 is 38.5 Å². The van der Waals surface area contributed by atoms with Gasteiger partial charge in [0.1, 0.15) is 18.0 Å². The Morgan fingerprint density at radius 3 is 2.68 bits per heavy atom. The molecule has 19 heavy (non-hydrogen) atoms. The quantitative estimate of drug-likeness (QED) is 0.568. The minimum Gasteiger partial charge on any atom is -0.491 e. The molecule has 1 N–H and O–H groups in total. The number of ether oxygens (including phenoxy) is 2. The van der Waals surface area contributed by atoms with Gasteiger partial charge >= 0.3 is 6.09 Å². The van der Waals surface area contributed by atoms with E-state index in [4.69, 9.17) is 9.47 Å². The van der Waals surface area contributed by atoms with Gasteiger partial charge in [-0.25, -0.2) is 4.79 Å². The Kier molecular flexibility index (Phi) is 6.38. The third-order valence-electron chi connectivity index (χ3n) is 1.92. The molecule has 0 saturated carbocycles. The van der Waals surface area contributed by atoms with E-state index < -0.39 is 11.7 Å². The van der Waals surface area contributed by atoms with Crippen molar-refractivity contribution in [2.75, 3.05) is 13.2 Å². The summed E-state index contributed by atoms with van der Waals surface area (Å²) >= 11 is 5.66. The molecule has 0 aliphatic carbocycles. The Morgan fingerprint density at radius 1 is 1.42 bits per heavy atom. The van der Waals surface area contributed by atoms with E-state index in [-0.39, 0.29) is 0 Å². The van der Waals surface area contributed by atoms with Crippen molar-refractivity contribution in [3.05, 3.63) is 26.2 Å². The van der Waals surface area contributed by atoms with Crippen LogP contribution in [0.3, 0.4) is 0 Å². The van der Waals surface area contributed by atoms with Gasteiger partial charge in [0.2, 0.25) is 0 Å². The Morgan fingerprint density at radius 2 is 2.11 bits per heavy atom. The van der Waals surface area contributed by atoms with E-state index >= 15 is 0 Å². The van der Waals surface area contributed by atoms with Crippen molar-refractivity contribution >= 4 is 44.6 Å². The highest BCUT2D eigenvalue weighted by Crippen LogP contribution is 2.26. The summed E-state index contributed by atoms with van der Waals surface area (Å²) in [5.74, 6) is 0.756. The largest absolute Gasteiger partial charge is 0.491 e. The third kappa shape index (κ3) is 7.00. The van der Waals surface area contributed by atoms with Crippen LogP contribution < -0.4 is 10.1 Å². The highest BCUT2D eigenvalue weighted by molar-refractivity contribution is 14.1. The monoisotopic (exact) mass is 441 g/mol. The van der Waals surface area contributed by atoms with E-state index in [0.717, 1.165) is 13.8 Å². The summed E-state index contributed by atoms with van der Waals surface area (Å²) in [7, 11) is 0. The van der Waals surface area contributed by atoms with E-state index in [2.05, 4.69) is 43.8 Å². The van der Waals surface area contributed by atoms with Crippen LogP contribution in [0.5, 0.6) is 5.75 Å². The minimum absolute atomic E-state index is 0.387. The van der Waals surface area contributed by atoms with Crippen LogP contribution in [0.2, 0.25) is 0 Å². The summed E-state index contributed by atoms with van der Waals surface area (Å²) in [5, 5.41) is 2.64. The van der Waals surface area contributed by atoms with Gasteiger partial charge < -0.3 is 14.8 Å². The number of nitrogens with one attached hydrogen (secondary N) is 1. The molecule has 1 rings (SSSR count). The molecule has 0 atom stereocenters. The van der Waals surface area contributed by atoms with Gasteiger partial charge in [0, 0.05) is 3.57 Å². The first-order chi connectivity index (χ1) is 8.78. The molecule has 0 radical (unpaired) electrons. The van der Waals surface area contributed by atoms with E-state index in [1.54, 1.807) is 0 Å². The summed E-state index contributed by atoms with van der Waals surface area (Å²) in [6.07, 6.45) is -0.433. The van der Waals surface area contributed by atoms with Crippen LogP contribution in [0.15, 0.2) is 22.7 Å².